The molecule has 1 aliphatic heterocycles. The number of rotatable bonds is 1. The van der Waals surface area contributed by atoms with E-state index in [0.717, 1.165) is 15.9 Å². The zero-order valence-corrected chi connectivity index (χ0v) is 12.6. The van der Waals surface area contributed by atoms with Crippen LogP contribution in [0.25, 0.3) is 0 Å². The van der Waals surface area contributed by atoms with Gasteiger partial charge < -0.3 is 10.1 Å². The molecule has 0 fully saturated rings. The van der Waals surface area contributed by atoms with Gasteiger partial charge in [0.15, 0.2) is 5.75 Å². The Kier molecular flexibility index (Phi) is 3.23. The molecule has 2 atom stereocenters. The van der Waals surface area contributed by atoms with Crippen LogP contribution in [0.1, 0.15) is 24.2 Å². The summed E-state index contributed by atoms with van der Waals surface area (Å²) in [5.74, 6) is 0.895. The van der Waals surface area contributed by atoms with E-state index in [1.165, 1.54) is 11.1 Å². The van der Waals surface area contributed by atoms with Gasteiger partial charge in [-0.05, 0) is 47.5 Å². The molecule has 0 bridgehead atoms. The highest BCUT2D eigenvalue weighted by atomic mass is 79.9. The van der Waals surface area contributed by atoms with Gasteiger partial charge in [0.25, 0.3) is 0 Å². The van der Waals surface area contributed by atoms with Gasteiger partial charge in [-0.1, -0.05) is 35.9 Å². The Bertz CT molecular complexity index is 594. The van der Waals surface area contributed by atoms with Gasteiger partial charge in [0.1, 0.15) is 6.10 Å². The largest absolute Gasteiger partial charge is 0.480 e. The molecule has 2 aromatic rings. The van der Waals surface area contributed by atoms with Gasteiger partial charge in [0.2, 0.25) is 0 Å². The van der Waals surface area contributed by atoms with Gasteiger partial charge in [0.05, 0.1) is 16.2 Å². The Hall–Kier alpha value is -1.48. The minimum Gasteiger partial charge on any atom is -0.480 e. The molecule has 98 valence electrons. The summed E-state index contributed by atoms with van der Waals surface area (Å²) in [4.78, 5) is 0. The SMILES string of the molecule is Cc1ccc(C2Oc3c(Br)cccc3NC2C)cc1. The van der Waals surface area contributed by atoms with Crippen molar-refractivity contribution in [2.24, 2.45) is 0 Å². The van der Waals surface area contributed by atoms with Gasteiger partial charge in [-0.25, -0.2) is 0 Å². The van der Waals surface area contributed by atoms with E-state index < -0.39 is 0 Å². The molecule has 19 heavy (non-hydrogen) atoms. The molecular formula is C16H16BrNO. The molecule has 3 heteroatoms. The maximum atomic E-state index is 6.19. The first kappa shape index (κ1) is 12.5. The average Bonchev–Trinajstić information content (AvgIpc) is 2.40. The maximum Gasteiger partial charge on any atom is 0.157 e. The lowest BCUT2D eigenvalue weighted by Gasteiger charge is -2.34. The highest BCUT2D eigenvalue weighted by Crippen LogP contribution is 2.41. The molecule has 0 saturated carbocycles. The summed E-state index contributed by atoms with van der Waals surface area (Å²) in [6.45, 7) is 4.24. The van der Waals surface area contributed by atoms with Gasteiger partial charge in [-0.3, -0.25) is 0 Å². The lowest BCUT2D eigenvalue weighted by atomic mass is 10.00. The number of aryl methyl sites for hydroxylation is 1. The summed E-state index contributed by atoms with van der Waals surface area (Å²) < 4.78 is 7.18. The number of anilines is 1. The Labute approximate surface area is 121 Å². The summed E-state index contributed by atoms with van der Waals surface area (Å²) in [5.41, 5.74) is 3.51. The van der Waals surface area contributed by atoms with Gasteiger partial charge in [0, 0.05) is 0 Å². The van der Waals surface area contributed by atoms with Crippen LogP contribution in [-0.2, 0) is 0 Å². The predicted octanol–water partition coefficient (Wildman–Crippen LogP) is 4.69. The Balaban J connectivity index is 1.97. The third-order valence-electron chi connectivity index (χ3n) is 3.45. The van der Waals surface area contributed by atoms with Crippen LogP contribution >= 0.6 is 15.9 Å². The van der Waals surface area contributed by atoms with Crippen LogP contribution in [0.3, 0.4) is 0 Å². The first-order chi connectivity index (χ1) is 9.15. The molecule has 0 amide bonds. The van der Waals surface area contributed by atoms with E-state index in [4.69, 9.17) is 4.74 Å². The molecule has 0 saturated heterocycles. The number of fused-ring (bicyclic) bond motifs is 1. The summed E-state index contributed by atoms with van der Waals surface area (Å²) in [6, 6.07) is 14.8. The van der Waals surface area contributed by atoms with Crippen LogP contribution in [0.5, 0.6) is 5.75 Å². The van der Waals surface area contributed by atoms with Crippen molar-refractivity contribution < 1.29 is 4.74 Å². The molecule has 2 nitrogen and oxygen atoms in total. The number of hydrogen-bond donors (Lipinski definition) is 1. The molecule has 2 unspecified atom stereocenters. The molecular weight excluding hydrogens is 302 g/mol. The fourth-order valence-electron chi connectivity index (χ4n) is 2.41. The standard InChI is InChI=1S/C16H16BrNO/c1-10-6-8-12(9-7-10)15-11(2)18-14-5-3-4-13(17)16(14)19-15/h3-9,11,15,18H,1-2H3. The van der Waals surface area contributed by atoms with Crippen molar-refractivity contribution in [2.45, 2.75) is 26.0 Å². The normalized spacial score (nSPS) is 21.2. The Morgan fingerprint density at radius 1 is 1.11 bits per heavy atom. The fraction of sp³-hybridized carbons (Fsp3) is 0.250. The topological polar surface area (TPSA) is 21.3 Å². The lowest BCUT2D eigenvalue weighted by Crippen LogP contribution is -2.32. The Morgan fingerprint density at radius 3 is 2.58 bits per heavy atom. The average molecular weight is 318 g/mol. The molecule has 0 aromatic heterocycles. The van der Waals surface area contributed by atoms with E-state index in [-0.39, 0.29) is 12.1 Å². The number of halogens is 1. The summed E-state index contributed by atoms with van der Waals surface area (Å²) in [6.07, 6.45) is 0.0341. The highest BCUT2D eigenvalue weighted by Gasteiger charge is 2.28. The minimum absolute atomic E-state index is 0.0341. The monoisotopic (exact) mass is 317 g/mol. The van der Waals surface area contributed by atoms with Crippen LogP contribution in [0.2, 0.25) is 0 Å². The van der Waals surface area contributed by atoms with Gasteiger partial charge in [-0.15, -0.1) is 0 Å². The molecule has 1 N–H and O–H groups in total. The molecule has 1 aliphatic rings. The van der Waals surface area contributed by atoms with E-state index in [1.807, 2.05) is 18.2 Å². The second-order valence-electron chi connectivity index (χ2n) is 5.00. The minimum atomic E-state index is 0.0341. The van der Waals surface area contributed by atoms with Crippen LogP contribution < -0.4 is 10.1 Å². The number of hydrogen-bond acceptors (Lipinski definition) is 2. The fourth-order valence-corrected chi connectivity index (χ4v) is 2.86. The lowest BCUT2D eigenvalue weighted by molar-refractivity contribution is 0.176. The smallest absolute Gasteiger partial charge is 0.157 e. The van der Waals surface area contributed by atoms with Crippen LogP contribution in [0, 0.1) is 6.92 Å². The summed E-state index contributed by atoms with van der Waals surface area (Å²) in [5, 5.41) is 3.51. The quantitative estimate of drug-likeness (QED) is 0.823. The first-order valence-electron chi connectivity index (χ1n) is 6.43. The van der Waals surface area contributed by atoms with E-state index in [1.54, 1.807) is 0 Å². The van der Waals surface area contributed by atoms with Crippen molar-refractivity contribution in [3.05, 3.63) is 58.1 Å². The van der Waals surface area contributed by atoms with Crippen molar-refractivity contribution in [1.82, 2.24) is 0 Å². The van der Waals surface area contributed by atoms with Gasteiger partial charge in [-0.2, -0.15) is 0 Å². The molecule has 0 aliphatic carbocycles. The van der Waals surface area contributed by atoms with Crippen LogP contribution in [-0.4, -0.2) is 6.04 Å². The number of benzene rings is 2. The summed E-state index contributed by atoms with van der Waals surface area (Å²) >= 11 is 3.55. The second kappa shape index (κ2) is 4.89. The Morgan fingerprint density at radius 2 is 1.84 bits per heavy atom. The van der Waals surface area contributed by atoms with E-state index in [9.17, 15) is 0 Å². The molecule has 3 rings (SSSR count). The zero-order chi connectivity index (χ0) is 13.4. The van der Waals surface area contributed by atoms with Gasteiger partial charge >= 0.3 is 0 Å². The number of para-hydroxylation sites is 1. The van der Waals surface area contributed by atoms with Crippen molar-refractivity contribution in [1.29, 1.82) is 0 Å². The third kappa shape index (κ3) is 2.35. The molecule has 1 heterocycles. The number of ether oxygens (including phenoxy) is 1. The van der Waals surface area contributed by atoms with Crippen LogP contribution in [0.15, 0.2) is 46.9 Å². The molecule has 2 aromatic carbocycles. The maximum absolute atomic E-state index is 6.19. The first-order valence-corrected chi connectivity index (χ1v) is 7.23. The van der Waals surface area contributed by atoms with Crippen molar-refractivity contribution in [3.63, 3.8) is 0 Å². The second-order valence-corrected chi connectivity index (χ2v) is 5.85. The van der Waals surface area contributed by atoms with E-state index in [2.05, 4.69) is 59.4 Å². The third-order valence-corrected chi connectivity index (χ3v) is 4.08. The van der Waals surface area contributed by atoms with Crippen molar-refractivity contribution in [2.75, 3.05) is 5.32 Å². The summed E-state index contributed by atoms with van der Waals surface area (Å²) in [7, 11) is 0. The van der Waals surface area contributed by atoms with Crippen molar-refractivity contribution >= 4 is 21.6 Å². The predicted molar refractivity (Wildman–Crippen MR) is 81.8 cm³/mol. The van der Waals surface area contributed by atoms with Crippen LogP contribution in [0.4, 0.5) is 5.69 Å². The van der Waals surface area contributed by atoms with E-state index in [0.29, 0.717) is 0 Å². The van der Waals surface area contributed by atoms with Crippen molar-refractivity contribution in [3.8, 4) is 5.75 Å². The zero-order valence-electron chi connectivity index (χ0n) is 11.0. The number of nitrogens with one attached hydrogen (secondary N) is 1. The molecule has 0 radical (unpaired) electrons. The highest BCUT2D eigenvalue weighted by molar-refractivity contribution is 9.10. The molecule has 0 spiro atoms. The van der Waals surface area contributed by atoms with E-state index >= 15 is 0 Å².